The van der Waals surface area contributed by atoms with E-state index in [0.717, 1.165) is 3.57 Å². The minimum absolute atomic E-state index is 0.0205. The van der Waals surface area contributed by atoms with E-state index in [2.05, 4.69) is 9.71 Å². The molecule has 1 heterocycles. The van der Waals surface area contributed by atoms with Gasteiger partial charge in [-0.1, -0.05) is 23.5 Å². The van der Waals surface area contributed by atoms with E-state index in [1.165, 1.54) is 0 Å². The minimum atomic E-state index is -3.71. The third kappa shape index (κ3) is 2.75. The normalized spacial score (nSPS) is 11.4. The van der Waals surface area contributed by atoms with E-state index in [0.29, 0.717) is 22.7 Å². The van der Waals surface area contributed by atoms with Gasteiger partial charge >= 0.3 is 4.87 Å². The van der Waals surface area contributed by atoms with Gasteiger partial charge in [-0.3, -0.25) is 9.52 Å². The van der Waals surface area contributed by atoms with Crippen molar-refractivity contribution in [2.75, 3.05) is 4.72 Å². The lowest BCUT2D eigenvalue weighted by atomic mass is 10.3. The van der Waals surface area contributed by atoms with Gasteiger partial charge in [0.15, 0.2) is 4.21 Å². The maximum atomic E-state index is 12.1. The first-order valence-corrected chi connectivity index (χ1v) is 8.25. The first kappa shape index (κ1) is 13.6. The minimum Gasteiger partial charge on any atom is -0.315 e. The van der Waals surface area contributed by atoms with Gasteiger partial charge in [-0.15, -0.1) is 0 Å². The SMILES string of the molecule is Cc1[nH]c(=O)sc1S(=O)(=O)Nc1ccccc1I. The largest absolute Gasteiger partial charge is 0.315 e. The number of anilines is 1. The summed E-state index contributed by atoms with van der Waals surface area (Å²) < 4.78 is 27.5. The average Bonchev–Trinajstić information content (AvgIpc) is 2.62. The van der Waals surface area contributed by atoms with Crippen LogP contribution in [0, 0.1) is 10.5 Å². The lowest BCUT2D eigenvalue weighted by Crippen LogP contribution is -2.13. The molecule has 0 aliphatic heterocycles. The van der Waals surface area contributed by atoms with E-state index < -0.39 is 10.0 Å². The quantitative estimate of drug-likeness (QED) is 0.781. The van der Waals surface area contributed by atoms with Gasteiger partial charge in [-0.05, 0) is 41.6 Å². The monoisotopic (exact) mass is 396 g/mol. The average molecular weight is 396 g/mol. The molecule has 8 heteroatoms. The fourth-order valence-corrected chi connectivity index (χ4v) is 4.47. The summed E-state index contributed by atoms with van der Waals surface area (Å²) in [4.78, 5) is 13.2. The fraction of sp³-hybridized carbons (Fsp3) is 0.100. The molecule has 96 valence electrons. The van der Waals surface area contributed by atoms with Crippen LogP contribution in [0.25, 0.3) is 0 Å². The molecule has 0 aliphatic carbocycles. The molecule has 0 atom stereocenters. The fourth-order valence-electron chi connectivity index (χ4n) is 1.38. The number of H-pyrrole nitrogens is 1. The third-order valence-corrected chi connectivity index (χ3v) is 6.05. The molecule has 0 radical (unpaired) electrons. The van der Waals surface area contributed by atoms with E-state index in [1.807, 2.05) is 28.7 Å². The van der Waals surface area contributed by atoms with Crippen LogP contribution in [-0.2, 0) is 10.0 Å². The molecular weight excluding hydrogens is 387 g/mol. The molecule has 0 fully saturated rings. The predicted octanol–water partition coefficient (Wildman–Crippen LogP) is 2.15. The lowest BCUT2D eigenvalue weighted by molar-refractivity contribution is 0.602. The van der Waals surface area contributed by atoms with E-state index >= 15 is 0 Å². The molecular formula is C10H9IN2O3S2. The molecule has 1 aromatic heterocycles. The molecule has 1 aromatic carbocycles. The summed E-state index contributed by atoms with van der Waals surface area (Å²) in [5.41, 5.74) is 0.849. The highest BCUT2D eigenvalue weighted by molar-refractivity contribution is 14.1. The second-order valence-electron chi connectivity index (χ2n) is 3.51. The van der Waals surface area contributed by atoms with Gasteiger partial charge in [-0.2, -0.15) is 0 Å². The number of benzene rings is 1. The van der Waals surface area contributed by atoms with Crippen LogP contribution in [0.1, 0.15) is 5.69 Å². The Morgan fingerprint density at radius 1 is 1.33 bits per heavy atom. The van der Waals surface area contributed by atoms with Crippen LogP contribution in [0.4, 0.5) is 5.69 Å². The lowest BCUT2D eigenvalue weighted by Gasteiger charge is -2.08. The summed E-state index contributed by atoms with van der Waals surface area (Å²) >= 11 is 2.72. The van der Waals surface area contributed by atoms with Crippen molar-refractivity contribution in [3.63, 3.8) is 0 Å². The zero-order chi connectivity index (χ0) is 13.3. The number of sulfonamides is 1. The molecule has 2 N–H and O–H groups in total. The van der Waals surface area contributed by atoms with E-state index in [9.17, 15) is 13.2 Å². The van der Waals surface area contributed by atoms with Crippen LogP contribution in [0.3, 0.4) is 0 Å². The number of thiazole rings is 1. The molecule has 0 unspecified atom stereocenters. The molecule has 0 bridgehead atoms. The molecule has 2 rings (SSSR count). The topological polar surface area (TPSA) is 79.0 Å². The van der Waals surface area contributed by atoms with Gasteiger partial charge < -0.3 is 4.98 Å². The number of aryl methyl sites for hydroxylation is 1. The molecule has 0 amide bonds. The zero-order valence-corrected chi connectivity index (χ0v) is 13.0. The second-order valence-corrected chi connectivity index (χ2v) is 7.54. The predicted molar refractivity (Wildman–Crippen MR) is 79.6 cm³/mol. The maximum absolute atomic E-state index is 12.1. The Morgan fingerprint density at radius 2 is 2.00 bits per heavy atom. The van der Waals surface area contributed by atoms with Crippen molar-refractivity contribution in [2.24, 2.45) is 0 Å². The number of para-hydroxylation sites is 1. The molecule has 2 aromatic rings. The number of aromatic amines is 1. The summed E-state index contributed by atoms with van der Waals surface area (Å²) in [6.07, 6.45) is 0. The molecule has 0 saturated carbocycles. The van der Waals surface area contributed by atoms with Crippen molar-refractivity contribution in [3.05, 3.63) is 43.2 Å². The number of nitrogens with one attached hydrogen (secondary N) is 2. The highest BCUT2D eigenvalue weighted by Crippen LogP contribution is 2.23. The van der Waals surface area contributed by atoms with Gasteiger partial charge in [0.1, 0.15) is 0 Å². The summed E-state index contributed by atoms with van der Waals surface area (Å²) in [7, 11) is -3.71. The summed E-state index contributed by atoms with van der Waals surface area (Å²) in [5.74, 6) is 0. The number of aromatic nitrogens is 1. The van der Waals surface area contributed by atoms with Crippen LogP contribution in [0.15, 0.2) is 33.3 Å². The van der Waals surface area contributed by atoms with Crippen LogP contribution in [0.5, 0.6) is 0 Å². The molecule has 0 saturated heterocycles. The van der Waals surface area contributed by atoms with Crippen molar-refractivity contribution in [1.82, 2.24) is 4.98 Å². The Bertz CT molecular complexity index is 734. The number of rotatable bonds is 3. The van der Waals surface area contributed by atoms with Gasteiger partial charge in [0.2, 0.25) is 0 Å². The van der Waals surface area contributed by atoms with E-state index in [1.54, 1.807) is 25.1 Å². The van der Waals surface area contributed by atoms with E-state index in [4.69, 9.17) is 0 Å². The summed E-state index contributed by atoms with van der Waals surface area (Å²) in [6.45, 7) is 1.56. The van der Waals surface area contributed by atoms with E-state index in [-0.39, 0.29) is 9.08 Å². The number of hydrogen-bond acceptors (Lipinski definition) is 4. The van der Waals surface area contributed by atoms with Crippen molar-refractivity contribution < 1.29 is 8.42 Å². The summed E-state index contributed by atoms with van der Waals surface area (Å²) in [6, 6.07) is 7.03. The highest BCUT2D eigenvalue weighted by atomic mass is 127. The molecule has 18 heavy (non-hydrogen) atoms. The van der Waals surface area contributed by atoms with Crippen LogP contribution in [-0.4, -0.2) is 13.4 Å². The van der Waals surface area contributed by atoms with Gasteiger partial charge in [0.25, 0.3) is 10.0 Å². The zero-order valence-electron chi connectivity index (χ0n) is 9.23. The maximum Gasteiger partial charge on any atom is 0.306 e. The standard InChI is InChI=1S/C10H9IN2O3S2/c1-6-9(17-10(14)12-6)18(15,16)13-8-5-3-2-4-7(8)11/h2-5,13H,1H3,(H,12,14). The molecule has 0 spiro atoms. The Kier molecular flexibility index (Phi) is 3.78. The second kappa shape index (κ2) is 5.02. The Morgan fingerprint density at radius 3 is 2.56 bits per heavy atom. The van der Waals surface area contributed by atoms with Gasteiger partial charge in [0.05, 0.1) is 5.69 Å². The van der Waals surface area contributed by atoms with Crippen LogP contribution < -0.4 is 9.60 Å². The third-order valence-electron chi connectivity index (χ3n) is 2.14. The van der Waals surface area contributed by atoms with Gasteiger partial charge in [0, 0.05) is 9.26 Å². The number of hydrogen-bond donors (Lipinski definition) is 2. The van der Waals surface area contributed by atoms with Crippen molar-refractivity contribution in [1.29, 1.82) is 0 Å². The Hall–Kier alpha value is -0.870. The van der Waals surface area contributed by atoms with Crippen molar-refractivity contribution in [2.45, 2.75) is 11.1 Å². The Balaban J connectivity index is 2.43. The van der Waals surface area contributed by atoms with Crippen molar-refractivity contribution >= 4 is 49.6 Å². The van der Waals surface area contributed by atoms with Crippen LogP contribution in [0.2, 0.25) is 0 Å². The Labute approximate surface area is 121 Å². The number of halogens is 1. The summed E-state index contributed by atoms with van der Waals surface area (Å²) in [5, 5.41) is 0. The highest BCUT2D eigenvalue weighted by Gasteiger charge is 2.21. The van der Waals surface area contributed by atoms with Crippen molar-refractivity contribution in [3.8, 4) is 0 Å². The first-order chi connectivity index (χ1) is 8.40. The van der Waals surface area contributed by atoms with Gasteiger partial charge in [-0.25, -0.2) is 8.42 Å². The molecule has 5 nitrogen and oxygen atoms in total. The van der Waals surface area contributed by atoms with Crippen LogP contribution >= 0.6 is 33.9 Å². The first-order valence-electron chi connectivity index (χ1n) is 4.87. The smallest absolute Gasteiger partial charge is 0.306 e. The molecule has 0 aliphatic rings.